The summed E-state index contributed by atoms with van der Waals surface area (Å²) >= 11 is 0. The largest absolute Gasteiger partial charge is 0.0851 e. The average Bonchev–Trinajstić information content (AvgIpc) is 3.71. The van der Waals surface area contributed by atoms with E-state index in [2.05, 4.69) is 74.8 Å². The lowest BCUT2D eigenvalue weighted by Crippen LogP contribution is -2.45. The highest BCUT2D eigenvalue weighted by atomic mass is 28.3. The molecule has 0 nitrogen and oxygen atoms in total. The van der Waals surface area contributed by atoms with E-state index in [0.29, 0.717) is 0 Å². The third-order valence-corrected chi connectivity index (χ3v) is 17.1. The highest BCUT2D eigenvalue weighted by molar-refractivity contribution is 6.91. The van der Waals surface area contributed by atoms with E-state index >= 15 is 0 Å². The van der Waals surface area contributed by atoms with Gasteiger partial charge >= 0.3 is 0 Å². The van der Waals surface area contributed by atoms with Crippen LogP contribution in [0.2, 0.25) is 38.3 Å². The van der Waals surface area contributed by atoms with E-state index in [0.717, 1.165) is 35.5 Å². The van der Waals surface area contributed by atoms with Crippen molar-refractivity contribution in [1.29, 1.82) is 0 Å². The third-order valence-electron chi connectivity index (χ3n) is 10.2. The SMILES string of the molecule is C[Si](C)(CCC1CC2C=CC1C2)c1ccc([Si](C)(C)CCC2CC3C=CC2C3)cc1.c1ccccc1. The topological polar surface area (TPSA) is 0 Å². The van der Waals surface area contributed by atoms with Crippen molar-refractivity contribution in [1.82, 2.24) is 0 Å². The Morgan fingerprint density at radius 1 is 0.528 bits per heavy atom. The van der Waals surface area contributed by atoms with E-state index in [4.69, 9.17) is 0 Å². The quantitative estimate of drug-likeness (QED) is 0.246. The lowest BCUT2D eigenvalue weighted by Gasteiger charge is -2.29. The number of allylic oxidation sites excluding steroid dienone is 4. The Balaban J connectivity index is 0.000000391. The van der Waals surface area contributed by atoms with Crippen LogP contribution in [0.1, 0.15) is 38.5 Å². The van der Waals surface area contributed by atoms with Crippen LogP contribution in [0, 0.1) is 35.5 Å². The van der Waals surface area contributed by atoms with Crippen LogP contribution in [0.3, 0.4) is 0 Å². The summed E-state index contributed by atoms with van der Waals surface area (Å²) in [5.74, 6) is 5.65. The van der Waals surface area contributed by atoms with Gasteiger partial charge in [0.1, 0.15) is 0 Å². The van der Waals surface area contributed by atoms with Crippen LogP contribution in [-0.4, -0.2) is 16.1 Å². The molecule has 2 saturated carbocycles. The smallest absolute Gasteiger partial charge is 0.0806 e. The van der Waals surface area contributed by atoms with E-state index in [1.807, 2.05) is 36.4 Å². The van der Waals surface area contributed by atoms with Crippen LogP contribution < -0.4 is 10.4 Å². The van der Waals surface area contributed by atoms with Gasteiger partial charge in [0.25, 0.3) is 0 Å². The van der Waals surface area contributed by atoms with Crippen molar-refractivity contribution in [3.63, 3.8) is 0 Å². The number of benzene rings is 2. The van der Waals surface area contributed by atoms with Gasteiger partial charge < -0.3 is 0 Å². The average molecular weight is 513 g/mol. The molecule has 192 valence electrons. The van der Waals surface area contributed by atoms with Gasteiger partial charge in [0.2, 0.25) is 0 Å². The van der Waals surface area contributed by atoms with Crippen molar-refractivity contribution in [2.45, 2.75) is 76.8 Å². The van der Waals surface area contributed by atoms with E-state index in [9.17, 15) is 0 Å². The maximum Gasteiger partial charge on any atom is 0.0806 e. The van der Waals surface area contributed by atoms with Gasteiger partial charge in [-0.25, -0.2) is 0 Å². The van der Waals surface area contributed by atoms with Crippen LogP contribution in [0.4, 0.5) is 0 Å². The molecule has 0 saturated heterocycles. The van der Waals surface area contributed by atoms with Gasteiger partial charge in [-0.05, 0) is 61.2 Å². The number of hydrogen-bond donors (Lipinski definition) is 0. The molecule has 0 aromatic heterocycles. The Morgan fingerprint density at radius 2 is 0.889 bits per heavy atom. The second-order valence-corrected chi connectivity index (χ2v) is 23.3. The second-order valence-electron chi connectivity index (χ2n) is 13.7. The van der Waals surface area contributed by atoms with Crippen LogP contribution in [0.25, 0.3) is 0 Å². The molecule has 2 heteroatoms. The first kappa shape index (κ1) is 26.0. The molecule has 0 amide bonds. The summed E-state index contributed by atoms with van der Waals surface area (Å²) in [5, 5.41) is 3.38. The van der Waals surface area contributed by atoms with Gasteiger partial charge in [0.05, 0.1) is 16.1 Å². The second kappa shape index (κ2) is 11.0. The number of hydrogen-bond acceptors (Lipinski definition) is 0. The molecule has 0 N–H and O–H groups in total. The van der Waals surface area contributed by atoms with Crippen LogP contribution in [-0.2, 0) is 0 Å². The zero-order valence-corrected chi connectivity index (χ0v) is 25.2. The van der Waals surface area contributed by atoms with Crippen molar-refractivity contribution >= 4 is 26.5 Å². The summed E-state index contributed by atoms with van der Waals surface area (Å²) in [7, 11) is -2.64. The fourth-order valence-electron chi connectivity index (χ4n) is 7.59. The molecule has 2 aromatic rings. The minimum absolute atomic E-state index is 0.916. The summed E-state index contributed by atoms with van der Waals surface area (Å²) in [5.41, 5.74) is 0. The Labute approximate surface area is 223 Å². The normalized spacial score (nSPS) is 30.0. The molecule has 36 heavy (non-hydrogen) atoms. The first-order valence-electron chi connectivity index (χ1n) is 14.8. The van der Waals surface area contributed by atoms with E-state index < -0.39 is 16.1 Å². The Bertz CT molecular complexity index is 937. The van der Waals surface area contributed by atoms with Gasteiger partial charge in [-0.15, -0.1) is 0 Å². The van der Waals surface area contributed by atoms with Crippen LogP contribution in [0.15, 0.2) is 85.0 Å². The molecule has 4 aliphatic rings. The fraction of sp³-hybridized carbons (Fsp3) is 0.529. The lowest BCUT2D eigenvalue weighted by atomic mass is 9.91. The zero-order chi connectivity index (χ0) is 25.2. The van der Waals surface area contributed by atoms with Gasteiger partial charge in [-0.3, -0.25) is 0 Å². The highest BCUT2D eigenvalue weighted by Gasteiger charge is 2.38. The van der Waals surface area contributed by atoms with E-state index in [1.54, 1.807) is 10.4 Å². The number of rotatable bonds is 8. The molecular formula is C34H48Si2. The lowest BCUT2D eigenvalue weighted by molar-refractivity contribution is 0.432. The van der Waals surface area contributed by atoms with Crippen LogP contribution >= 0.6 is 0 Å². The molecule has 4 bridgehead atoms. The molecular weight excluding hydrogens is 465 g/mol. The van der Waals surface area contributed by atoms with Gasteiger partial charge in [0, 0.05) is 0 Å². The first-order chi connectivity index (χ1) is 17.3. The predicted molar refractivity (Wildman–Crippen MR) is 164 cm³/mol. The maximum atomic E-state index is 2.61. The molecule has 6 unspecified atom stereocenters. The number of fused-ring (bicyclic) bond motifs is 4. The van der Waals surface area contributed by atoms with Crippen LogP contribution in [0.5, 0.6) is 0 Å². The van der Waals surface area contributed by atoms with Crippen molar-refractivity contribution in [2.75, 3.05) is 0 Å². The Kier molecular flexibility index (Phi) is 7.93. The van der Waals surface area contributed by atoms with Crippen molar-refractivity contribution in [3.8, 4) is 0 Å². The summed E-state index contributed by atoms with van der Waals surface area (Å²) in [6, 6.07) is 25.1. The van der Waals surface area contributed by atoms with Gasteiger partial charge in [0.15, 0.2) is 0 Å². The maximum absolute atomic E-state index is 2.61. The monoisotopic (exact) mass is 512 g/mol. The van der Waals surface area contributed by atoms with E-state index in [1.165, 1.54) is 50.6 Å². The standard InChI is InChI=1S/C28H42Si2.C6H6/c1-29(2,15-13-25-19-21-5-7-23(25)17-21)27-9-11-28(12-10-27)30(3,4)16-14-26-20-22-6-8-24(26)18-22;1-2-4-6-5-3-1/h5-12,21-26H,13-20H2,1-4H3;1-6H. The zero-order valence-electron chi connectivity index (χ0n) is 23.2. The molecule has 0 heterocycles. The van der Waals surface area contributed by atoms with Gasteiger partial charge in [-0.2, -0.15) is 0 Å². The fourth-order valence-corrected chi connectivity index (χ4v) is 12.5. The third kappa shape index (κ3) is 6.08. The van der Waals surface area contributed by atoms with Crippen molar-refractivity contribution < 1.29 is 0 Å². The molecule has 0 spiro atoms. The summed E-state index contributed by atoms with van der Waals surface area (Å²) < 4.78 is 0. The van der Waals surface area contributed by atoms with Crippen molar-refractivity contribution in [2.24, 2.45) is 35.5 Å². The summed E-state index contributed by atoms with van der Waals surface area (Å²) in [6.45, 7) is 10.4. The molecule has 2 aromatic carbocycles. The minimum atomic E-state index is -1.32. The molecule has 6 rings (SSSR count). The predicted octanol–water partition coefficient (Wildman–Crippen LogP) is 8.41. The summed E-state index contributed by atoms with van der Waals surface area (Å²) in [6.07, 6.45) is 18.8. The molecule has 0 radical (unpaired) electrons. The van der Waals surface area contributed by atoms with Gasteiger partial charge in [-0.1, -0.05) is 146 Å². The summed E-state index contributed by atoms with van der Waals surface area (Å²) in [4.78, 5) is 0. The molecule has 2 fully saturated rings. The molecule has 0 aliphatic heterocycles. The Morgan fingerprint density at radius 3 is 1.17 bits per heavy atom. The van der Waals surface area contributed by atoms with Crippen molar-refractivity contribution in [3.05, 3.63) is 85.0 Å². The highest BCUT2D eigenvalue weighted by Crippen LogP contribution is 2.47. The minimum Gasteiger partial charge on any atom is -0.0851 e. The first-order valence-corrected chi connectivity index (χ1v) is 21.2. The Hall–Kier alpha value is -1.65. The molecule has 6 atom stereocenters. The van der Waals surface area contributed by atoms with E-state index in [-0.39, 0.29) is 0 Å². The molecule has 4 aliphatic carbocycles.